The fourth-order valence-corrected chi connectivity index (χ4v) is 2.46. The molecule has 20 heavy (non-hydrogen) atoms. The number of nitrogens with one attached hydrogen (secondary N) is 1. The number of phenols is 1. The molecule has 0 atom stereocenters. The summed E-state index contributed by atoms with van der Waals surface area (Å²) in [7, 11) is 0. The maximum absolute atomic E-state index is 12.7. The van der Waals surface area contributed by atoms with Crippen molar-refractivity contribution in [2.24, 2.45) is 0 Å². The second kappa shape index (κ2) is 4.53. The second-order valence-corrected chi connectivity index (χ2v) is 5.05. The smallest absolute Gasteiger partial charge is 0.195 e. The van der Waals surface area contributed by atoms with Gasteiger partial charge in [0.15, 0.2) is 5.78 Å². The van der Waals surface area contributed by atoms with E-state index in [1.807, 2.05) is 38.1 Å². The number of phenolic OH excluding ortho intramolecular Hbond substituents is 1. The molecule has 0 saturated heterocycles. The Morgan fingerprint density at radius 3 is 2.45 bits per heavy atom. The van der Waals surface area contributed by atoms with Crippen molar-refractivity contribution in [3.63, 3.8) is 0 Å². The molecule has 0 aliphatic heterocycles. The molecule has 1 heterocycles. The van der Waals surface area contributed by atoms with E-state index in [-0.39, 0.29) is 11.5 Å². The second-order valence-electron chi connectivity index (χ2n) is 5.05. The van der Waals surface area contributed by atoms with Crippen LogP contribution in [0.1, 0.15) is 27.2 Å². The van der Waals surface area contributed by atoms with Crippen LogP contribution in [0, 0.1) is 13.8 Å². The van der Waals surface area contributed by atoms with Crippen LogP contribution in [0.3, 0.4) is 0 Å². The molecule has 0 spiro atoms. The number of rotatable bonds is 2. The predicted molar refractivity (Wildman–Crippen MR) is 79.3 cm³/mol. The topological polar surface area (TPSA) is 53.1 Å². The van der Waals surface area contributed by atoms with Gasteiger partial charge in [0.25, 0.3) is 0 Å². The number of hydrogen-bond acceptors (Lipinski definition) is 2. The van der Waals surface area contributed by atoms with Crippen molar-refractivity contribution < 1.29 is 9.90 Å². The Kier molecular flexibility index (Phi) is 2.83. The molecule has 0 radical (unpaired) electrons. The van der Waals surface area contributed by atoms with E-state index in [4.69, 9.17) is 0 Å². The number of carbonyl (C=O) groups excluding carboxylic acids is 1. The Morgan fingerprint density at radius 1 is 1.05 bits per heavy atom. The van der Waals surface area contributed by atoms with E-state index in [0.717, 1.165) is 22.2 Å². The van der Waals surface area contributed by atoms with Gasteiger partial charge in [-0.3, -0.25) is 4.79 Å². The van der Waals surface area contributed by atoms with Gasteiger partial charge in [-0.25, -0.2) is 0 Å². The van der Waals surface area contributed by atoms with Crippen LogP contribution >= 0.6 is 0 Å². The number of benzene rings is 2. The zero-order chi connectivity index (χ0) is 14.3. The van der Waals surface area contributed by atoms with Gasteiger partial charge in [0.2, 0.25) is 0 Å². The van der Waals surface area contributed by atoms with E-state index in [2.05, 4.69) is 4.98 Å². The van der Waals surface area contributed by atoms with Crippen molar-refractivity contribution in [2.45, 2.75) is 13.8 Å². The summed E-state index contributed by atoms with van der Waals surface area (Å²) in [4.78, 5) is 15.8. The standard InChI is InChI=1S/C17H15NO2/c1-10-3-5-12(6-4-10)17(20)16-11(2)18-15-9-13(19)7-8-14(15)16/h3-9,18-19H,1-2H3. The summed E-state index contributed by atoms with van der Waals surface area (Å²) in [6, 6.07) is 12.6. The van der Waals surface area contributed by atoms with Crippen LogP contribution < -0.4 is 0 Å². The summed E-state index contributed by atoms with van der Waals surface area (Å²) in [5.41, 5.74) is 4.06. The lowest BCUT2D eigenvalue weighted by Crippen LogP contribution is -2.02. The van der Waals surface area contributed by atoms with Crippen LogP contribution in [0.25, 0.3) is 10.9 Å². The van der Waals surface area contributed by atoms with Crippen molar-refractivity contribution in [1.29, 1.82) is 0 Å². The zero-order valence-electron chi connectivity index (χ0n) is 11.4. The lowest BCUT2D eigenvalue weighted by atomic mass is 9.99. The minimum absolute atomic E-state index is 0.000519. The minimum Gasteiger partial charge on any atom is -0.508 e. The maximum Gasteiger partial charge on any atom is 0.195 e. The molecular weight excluding hydrogens is 250 g/mol. The van der Waals surface area contributed by atoms with Gasteiger partial charge in [-0.15, -0.1) is 0 Å². The maximum atomic E-state index is 12.7. The first-order valence-electron chi connectivity index (χ1n) is 6.49. The number of carbonyl (C=O) groups is 1. The van der Waals surface area contributed by atoms with E-state index >= 15 is 0 Å². The van der Waals surface area contributed by atoms with Crippen molar-refractivity contribution in [3.05, 3.63) is 64.8 Å². The molecule has 3 nitrogen and oxygen atoms in total. The third-order valence-electron chi connectivity index (χ3n) is 3.51. The third kappa shape index (κ3) is 1.97. The number of ketones is 1. The van der Waals surface area contributed by atoms with Gasteiger partial charge in [0, 0.05) is 22.7 Å². The Morgan fingerprint density at radius 2 is 1.75 bits per heavy atom. The number of aromatic nitrogens is 1. The molecule has 0 fully saturated rings. The summed E-state index contributed by atoms with van der Waals surface area (Å²) in [6.45, 7) is 3.87. The summed E-state index contributed by atoms with van der Waals surface area (Å²) in [5, 5.41) is 10.4. The molecule has 2 aromatic carbocycles. The summed E-state index contributed by atoms with van der Waals surface area (Å²) < 4.78 is 0. The average molecular weight is 265 g/mol. The molecule has 3 rings (SSSR count). The highest BCUT2D eigenvalue weighted by Gasteiger charge is 2.17. The molecule has 100 valence electrons. The summed E-state index contributed by atoms with van der Waals surface area (Å²) in [6.07, 6.45) is 0. The number of aromatic amines is 1. The van der Waals surface area contributed by atoms with Crippen LogP contribution in [0.5, 0.6) is 5.75 Å². The number of aryl methyl sites for hydroxylation is 2. The quantitative estimate of drug-likeness (QED) is 0.694. The fourth-order valence-electron chi connectivity index (χ4n) is 2.46. The van der Waals surface area contributed by atoms with Gasteiger partial charge in [-0.2, -0.15) is 0 Å². The molecule has 3 aromatic rings. The number of H-pyrrole nitrogens is 1. The van der Waals surface area contributed by atoms with Gasteiger partial charge in [0.05, 0.1) is 11.1 Å². The minimum atomic E-state index is -0.000519. The van der Waals surface area contributed by atoms with Gasteiger partial charge in [0.1, 0.15) is 5.75 Å². The van der Waals surface area contributed by atoms with Gasteiger partial charge in [-0.1, -0.05) is 29.8 Å². The number of aromatic hydroxyl groups is 1. The Hall–Kier alpha value is -2.55. The molecule has 0 saturated carbocycles. The first kappa shape index (κ1) is 12.5. The van der Waals surface area contributed by atoms with Crippen LogP contribution in [0.2, 0.25) is 0 Å². The van der Waals surface area contributed by atoms with Gasteiger partial charge >= 0.3 is 0 Å². The van der Waals surface area contributed by atoms with Crippen molar-refractivity contribution in [2.75, 3.05) is 0 Å². The van der Waals surface area contributed by atoms with E-state index in [0.29, 0.717) is 11.1 Å². The summed E-state index contributed by atoms with van der Waals surface area (Å²) in [5.74, 6) is 0.188. The number of fused-ring (bicyclic) bond motifs is 1. The Bertz CT molecular complexity index is 798. The molecule has 1 aromatic heterocycles. The zero-order valence-corrected chi connectivity index (χ0v) is 11.4. The molecule has 2 N–H and O–H groups in total. The molecule has 0 aliphatic carbocycles. The Labute approximate surface area is 116 Å². The first-order chi connectivity index (χ1) is 9.56. The van der Waals surface area contributed by atoms with E-state index in [1.165, 1.54) is 0 Å². The predicted octanol–water partition coefficient (Wildman–Crippen LogP) is 3.72. The molecular formula is C17H15NO2. The van der Waals surface area contributed by atoms with Crippen molar-refractivity contribution in [3.8, 4) is 5.75 Å². The van der Waals surface area contributed by atoms with Crippen LogP contribution in [-0.2, 0) is 0 Å². The Balaban J connectivity index is 2.16. The highest BCUT2D eigenvalue weighted by molar-refractivity contribution is 6.17. The van der Waals surface area contributed by atoms with Gasteiger partial charge < -0.3 is 10.1 Å². The third-order valence-corrected chi connectivity index (χ3v) is 3.51. The molecule has 0 amide bonds. The molecule has 3 heteroatoms. The van der Waals surface area contributed by atoms with E-state index < -0.39 is 0 Å². The van der Waals surface area contributed by atoms with Crippen LogP contribution in [0.4, 0.5) is 0 Å². The average Bonchev–Trinajstić information content (AvgIpc) is 2.73. The van der Waals surface area contributed by atoms with E-state index in [1.54, 1.807) is 18.2 Å². The van der Waals surface area contributed by atoms with Crippen molar-refractivity contribution in [1.82, 2.24) is 4.98 Å². The SMILES string of the molecule is Cc1ccc(C(=O)c2c(C)[nH]c3cc(O)ccc23)cc1. The lowest BCUT2D eigenvalue weighted by Gasteiger charge is -2.02. The number of hydrogen-bond donors (Lipinski definition) is 2. The molecule has 0 aliphatic rings. The van der Waals surface area contributed by atoms with Crippen molar-refractivity contribution >= 4 is 16.7 Å². The largest absolute Gasteiger partial charge is 0.508 e. The van der Waals surface area contributed by atoms with Crippen LogP contribution in [-0.4, -0.2) is 15.9 Å². The van der Waals surface area contributed by atoms with Crippen LogP contribution in [0.15, 0.2) is 42.5 Å². The lowest BCUT2D eigenvalue weighted by molar-refractivity contribution is 0.103. The normalized spacial score (nSPS) is 10.9. The monoisotopic (exact) mass is 265 g/mol. The highest BCUT2D eigenvalue weighted by atomic mass is 16.3. The molecule has 0 bridgehead atoms. The fraction of sp³-hybridized carbons (Fsp3) is 0.118. The summed E-state index contributed by atoms with van der Waals surface area (Å²) >= 11 is 0. The van der Waals surface area contributed by atoms with E-state index in [9.17, 15) is 9.90 Å². The molecule has 0 unspecified atom stereocenters. The van der Waals surface area contributed by atoms with Gasteiger partial charge in [-0.05, 0) is 26.0 Å². The highest BCUT2D eigenvalue weighted by Crippen LogP contribution is 2.27. The first-order valence-corrected chi connectivity index (χ1v) is 6.49.